The predicted molar refractivity (Wildman–Crippen MR) is 68.6 cm³/mol. The summed E-state index contributed by atoms with van der Waals surface area (Å²) in [5.74, 6) is 0.0662. The van der Waals surface area contributed by atoms with Crippen molar-refractivity contribution in [2.75, 3.05) is 6.61 Å². The van der Waals surface area contributed by atoms with Crippen LogP contribution in [0.2, 0.25) is 0 Å². The molecule has 1 unspecified atom stereocenters. The first-order chi connectivity index (χ1) is 8.46. The second kappa shape index (κ2) is 4.98. The molecule has 98 valence electrons. The lowest BCUT2D eigenvalue weighted by Gasteiger charge is -2.35. The largest absolute Gasteiger partial charge is 0.508 e. The summed E-state index contributed by atoms with van der Waals surface area (Å²) in [7, 11) is 0. The number of rotatable bonds is 2. The van der Waals surface area contributed by atoms with E-state index in [4.69, 9.17) is 4.74 Å². The highest BCUT2D eigenvalue weighted by Gasteiger charge is 2.29. The van der Waals surface area contributed by atoms with Crippen molar-refractivity contribution in [3.05, 3.63) is 29.8 Å². The quantitative estimate of drug-likeness (QED) is 0.843. The van der Waals surface area contributed by atoms with Crippen LogP contribution >= 0.6 is 0 Å². The molecular formula is C14H19NO3. The zero-order chi connectivity index (χ0) is 13.2. The number of benzene rings is 1. The first kappa shape index (κ1) is 12.9. The van der Waals surface area contributed by atoms with Crippen LogP contribution in [0.3, 0.4) is 0 Å². The minimum Gasteiger partial charge on any atom is -0.508 e. The molecule has 18 heavy (non-hydrogen) atoms. The van der Waals surface area contributed by atoms with E-state index in [9.17, 15) is 9.90 Å². The molecule has 1 fully saturated rings. The van der Waals surface area contributed by atoms with Crippen molar-refractivity contribution < 1.29 is 14.6 Å². The normalized spacial score (nSPS) is 22.4. The summed E-state index contributed by atoms with van der Waals surface area (Å²) in [5, 5.41) is 12.2. The average Bonchev–Trinajstić information content (AvgIpc) is 2.28. The lowest BCUT2D eigenvalue weighted by atomic mass is 9.94. The predicted octanol–water partition coefficient (Wildman–Crippen LogP) is 2.08. The lowest BCUT2D eigenvalue weighted by molar-refractivity contribution is -0.0615. The average molecular weight is 249 g/mol. The maximum Gasteiger partial charge on any atom is 0.251 e. The molecule has 4 heteroatoms. The topological polar surface area (TPSA) is 58.6 Å². The number of hydrogen-bond acceptors (Lipinski definition) is 3. The van der Waals surface area contributed by atoms with Gasteiger partial charge in [-0.2, -0.15) is 0 Å². The number of hydrogen-bond donors (Lipinski definition) is 2. The summed E-state index contributed by atoms with van der Waals surface area (Å²) in [6, 6.07) is 6.42. The third-order valence-electron chi connectivity index (χ3n) is 3.16. The van der Waals surface area contributed by atoms with Crippen molar-refractivity contribution in [1.82, 2.24) is 5.32 Å². The van der Waals surface area contributed by atoms with E-state index in [1.165, 1.54) is 12.1 Å². The van der Waals surface area contributed by atoms with Gasteiger partial charge in [-0.1, -0.05) is 0 Å². The molecule has 0 saturated carbocycles. The summed E-state index contributed by atoms with van der Waals surface area (Å²) in [6.07, 6.45) is 1.66. The second-order valence-corrected chi connectivity index (χ2v) is 5.32. The number of carbonyl (C=O) groups is 1. The van der Waals surface area contributed by atoms with E-state index in [1.807, 2.05) is 13.8 Å². The Hall–Kier alpha value is -1.55. The molecule has 0 aromatic heterocycles. The molecule has 0 bridgehead atoms. The minimum atomic E-state index is -0.175. The van der Waals surface area contributed by atoms with Crippen LogP contribution < -0.4 is 5.32 Å². The van der Waals surface area contributed by atoms with E-state index < -0.39 is 0 Å². The third-order valence-corrected chi connectivity index (χ3v) is 3.16. The van der Waals surface area contributed by atoms with Gasteiger partial charge in [0.05, 0.1) is 5.60 Å². The van der Waals surface area contributed by atoms with Gasteiger partial charge in [0.1, 0.15) is 5.75 Å². The van der Waals surface area contributed by atoms with E-state index in [2.05, 4.69) is 5.32 Å². The highest BCUT2D eigenvalue weighted by atomic mass is 16.5. The van der Waals surface area contributed by atoms with Crippen LogP contribution in [0.4, 0.5) is 0 Å². The molecule has 2 rings (SSSR count). The van der Waals surface area contributed by atoms with Gasteiger partial charge in [-0.3, -0.25) is 4.79 Å². The van der Waals surface area contributed by atoms with Crippen molar-refractivity contribution >= 4 is 5.91 Å². The van der Waals surface area contributed by atoms with Gasteiger partial charge in [0.25, 0.3) is 5.91 Å². The van der Waals surface area contributed by atoms with E-state index in [-0.39, 0.29) is 23.3 Å². The third kappa shape index (κ3) is 3.23. The van der Waals surface area contributed by atoms with Gasteiger partial charge in [0.2, 0.25) is 0 Å². The van der Waals surface area contributed by atoms with E-state index in [0.717, 1.165) is 12.8 Å². The van der Waals surface area contributed by atoms with Gasteiger partial charge in [0, 0.05) is 18.2 Å². The molecule has 1 aromatic carbocycles. The van der Waals surface area contributed by atoms with Gasteiger partial charge in [-0.15, -0.1) is 0 Å². The first-order valence-corrected chi connectivity index (χ1v) is 6.20. The molecule has 1 aliphatic rings. The SMILES string of the molecule is CC1(C)CC(NC(=O)c2ccc(O)cc2)CCO1. The highest BCUT2D eigenvalue weighted by Crippen LogP contribution is 2.24. The molecule has 2 N–H and O–H groups in total. The van der Waals surface area contributed by atoms with Gasteiger partial charge >= 0.3 is 0 Å². The summed E-state index contributed by atoms with van der Waals surface area (Å²) in [4.78, 5) is 12.0. The molecule has 1 aliphatic heterocycles. The number of aromatic hydroxyl groups is 1. The Morgan fingerprint density at radius 3 is 2.67 bits per heavy atom. The Morgan fingerprint density at radius 1 is 1.39 bits per heavy atom. The molecule has 0 aliphatic carbocycles. The van der Waals surface area contributed by atoms with Crippen LogP contribution in [0.15, 0.2) is 24.3 Å². The zero-order valence-corrected chi connectivity index (χ0v) is 10.8. The van der Waals surface area contributed by atoms with Crippen LogP contribution in [0, 0.1) is 0 Å². The molecule has 1 saturated heterocycles. The van der Waals surface area contributed by atoms with Gasteiger partial charge in [0.15, 0.2) is 0 Å². The summed E-state index contributed by atoms with van der Waals surface area (Å²) in [5.41, 5.74) is 0.391. The van der Waals surface area contributed by atoms with E-state index in [1.54, 1.807) is 12.1 Å². The van der Waals surface area contributed by atoms with E-state index in [0.29, 0.717) is 12.2 Å². The molecule has 4 nitrogen and oxygen atoms in total. The summed E-state index contributed by atoms with van der Waals surface area (Å²) < 4.78 is 5.61. The van der Waals surface area contributed by atoms with Gasteiger partial charge in [-0.25, -0.2) is 0 Å². The Morgan fingerprint density at radius 2 is 2.06 bits per heavy atom. The minimum absolute atomic E-state index is 0.0994. The van der Waals surface area contributed by atoms with Gasteiger partial charge < -0.3 is 15.2 Å². The Labute approximate surface area is 107 Å². The number of amides is 1. The Balaban J connectivity index is 1.97. The monoisotopic (exact) mass is 249 g/mol. The van der Waals surface area contributed by atoms with Crippen molar-refractivity contribution in [2.45, 2.75) is 38.3 Å². The van der Waals surface area contributed by atoms with Crippen molar-refractivity contribution in [3.63, 3.8) is 0 Å². The van der Waals surface area contributed by atoms with Crippen LogP contribution in [0.5, 0.6) is 5.75 Å². The maximum absolute atomic E-state index is 12.0. The van der Waals surface area contributed by atoms with Crippen molar-refractivity contribution in [2.24, 2.45) is 0 Å². The molecule has 1 heterocycles. The standard InChI is InChI=1S/C14H19NO3/c1-14(2)9-11(7-8-18-14)15-13(17)10-3-5-12(16)6-4-10/h3-6,11,16H,7-9H2,1-2H3,(H,15,17). The fourth-order valence-electron chi connectivity index (χ4n) is 2.24. The van der Waals surface area contributed by atoms with Crippen LogP contribution in [-0.4, -0.2) is 29.3 Å². The molecule has 1 amide bonds. The summed E-state index contributed by atoms with van der Waals surface area (Å²) in [6.45, 7) is 4.74. The first-order valence-electron chi connectivity index (χ1n) is 6.20. The summed E-state index contributed by atoms with van der Waals surface area (Å²) >= 11 is 0. The van der Waals surface area contributed by atoms with Crippen molar-refractivity contribution in [3.8, 4) is 5.75 Å². The smallest absolute Gasteiger partial charge is 0.251 e. The highest BCUT2D eigenvalue weighted by molar-refractivity contribution is 5.94. The van der Waals surface area contributed by atoms with Crippen LogP contribution in [-0.2, 0) is 4.74 Å². The lowest BCUT2D eigenvalue weighted by Crippen LogP contribution is -2.45. The van der Waals surface area contributed by atoms with Crippen LogP contribution in [0.1, 0.15) is 37.0 Å². The van der Waals surface area contributed by atoms with E-state index >= 15 is 0 Å². The Bertz CT molecular complexity index is 425. The van der Waals surface area contributed by atoms with Gasteiger partial charge in [-0.05, 0) is 51.0 Å². The molecule has 1 atom stereocenters. The maximum atomic E-state index is 12.0. The molecule has 0 spiro atoms. The number of phenols is 1. The Kier molecular flexibility index (Phi) is 3.57. The second-order valence-electron chi connectivity index (χ2n) is 5.32. The molecular weight excluding hydrogens is 230 g/mol. The fraction of sp³-hybridized carbons (Fsp3) is 0.500. The fourth-order valence-corrected chi connectivity index (χ4v) is 2.24. The number of carbonyl (C=O) groups excluding carboxylic acids is 1. The molecule has 1 aromatic rings. The molecule has 0 radical (unpaired) electrons. The van der Waals surface area contributed by atoms with Crippen LogP contribution in [0.25, 0.3) is 0 Å². The zero-order valence-electron chi connectivity index (χ0n) is 10.8. The number of ether oxygens (including phenoxy) is 1. The van der Waals surface area contributed by atoms with Crippen molar-refractivity contribution in [1.29, 1.82) is 0 Å². The number of nitrogens with one attached hydrogen (secondary N) is 1. The number of phenolic OH excluding ortho intramolecular Hbond substituents is 1.